The second kappa shape index (κ2) is 9.89. The van der Waals surface area contributed by atoms with E-state index in [-0.39, 0.29) is 24.0 Å². The van der Waals surface area contributed by atoms with Crippen molar-refractivity contribution in [2.75, 3.05) is 30.3 Å². The fraction of sp³-hybridized carbons (Fsp3) is 0.545. The molecule has 0 bridgehead atoms. The summed E-state index contributed by atoms with van der Waals surface area (Å²) in [5, 5.41) is 9.95. The Balaban J connectivity index is 1.44. The number of halogens is 1. The van der Waals surface area contributed by atoms with E-state index < -0.39 is 0 Å². The van der Waals surface area contributed by atoms with E-state index in [1.807, 2.05) is 0 Å². The summed E-state index contributed by atoms with van der Waals surface area (Å²) in [4.78, 5) is 25.7. The maximum Gasteiger partial charge on any atom is 0.229 e. The lowest BCUT2D eigenvalue weighted by atomic mass is 9.92. The first-order chi connectivity index (χ1) is 15.0. The van der Waals surface area contributed by atoms with Crippen molar-refractivity contribution in [2.24, 2.45) is 11.8 Å². The molecule has 2 fully saturated rings. The highest BCUT2D eigenvalue weighted by molar-refractivity contribution is 6.33. The molecular weight excluding hydrogens is 416 g/mol. The zero-order chi connectivity index (χ0) is 21.8. The Morgan fingerprint density at radius 2 is 2.03 bits per heavy atom. The number of carbonyl (C=O) groups is 1. The lowest BCUT2D eigenvalue weighted by molar-refractivity contribution is -0.119. The highest BCUT2D eigenvalue weighted by atomic mass is 35.5. The van der Waals surface area contributed by atoms with Crippen LogP contribution in [0.5, 0.6) is 0 Å². The van der Waals surface area contributed by atoms with Gasteiger partial charge >= 0.3 is 0 Å². The Labute approximate surface area is 187 Å². The number of nitrogens with one attached hydrogen (secondary N) is 3. The molecular formula is C22H29ClN6O2. The monoisotopic (exact) mass is 444 g/mol. The Morgan fingerprint density at radius 1 is 1.23 bits per heavy atom. The molecule has 2 aromatic rings. The van der Waals surface area contributed by atoms with Crippen molar-refractivity contribution < 1.29 is 9.53 Å². The van der Waals surface area contributed by atoms with Crippen LogP contribution in [-0.2, 0) is 9.53 Å². The van der Waals surface area contributed by atoms with Crippen LogP contribution in [0.2, 0.25) is 5.02 Å². The second-order valence-electron chi connectivity index (χ2n) is 8.49. The van der Waals surface area contributed by atoms with Crippen LogP contribution in [0.25, 0.3) is 11.3 Å². The van der Waals surface area contributed by atoms with Crippen molar-refractivity contribution in [2.45, 2.75) is 45.3 Å². The Bertz CT molecular complexity index is 911. The highest BCUT2D eigenvalue weighted by Crippen LogP contribution is 2.29. The lowest BCUT2D eigenvalue weighted by Crippen LogP contribution is -2.32. The minimum Gasteiger partial charge on any atom is -0.376 e. The number of rotatable bonds is 6. The molecule has 8 nitrogen and oxygen atoms in total. The van der Waals surface area contributed by atoms with Gasteiger partial charge in [0.25, 0.3) is 0 Å². The first kappa shape index (κ1) is 21.9. The van der Waals surface area contributed by atoms with Crippen LogP contribution in [0.4, 0.5) is 11.6 Å². The van der Waals surface area contributed by atoms with Gasteiger partial charge in [-0.25, -0.2) is 9.97 Å². The van der Waals surface area contributed by atoms with Gasteiger partial charge in [0, 0.05) is 24.8 Å². The van der Waals surface area contributed by atoms with E-state index in [1.165, 1.54) is 6.20 Å². The summed E-state index contributed by atoms with van der Waals surface area (Å²) in [6, 6.07) is 1.75. The molecule has 0 aliphatic carbocycles. The smallest absolute Gasteiger partial charge is 0.229 e. The van der Waals surface area contributed by atoms with Gasteiger partial charge in [0.1, 0.15) is 11.6 Å². The molecule has 0 saturated carbocycles. The first-order valence-corrected chi connectivity index (χ1v) is 11.2. The minimum absolute atomic E-state index is 0.0350. The van der Waals surface area contributed by atoms with Crippen molar-refractivity contribution >= 4 is 29.1 Å². The van der Waals surface area contributed by atoms with E-state index in [0.29, 0.717) is 40.4 Å². The quantitative estimate of drug-likeness (QED) is 0.628. The molecule has 2 saturated heterocycles. The summed E-state index contributed by atoms with van der Waals surface area (Å²) >= 11 is 6.39. The molecule has 1 amide bonds. The predicted octanol–water partition coefficient (Wildman–Crippen LogP) is 3.36. The van der Waals surface area contributed by atoms with Gasteiger partial charge in [-0.2, -0.15) is 0 Å². The first-order valence-electron chi connectivity index (χ1n) is 10.9. The van der Waals surface area contributed by atoms with Crippen LogP contribution in [0.1, 0.15) is 33.1 Å². The Morgan fingerprint density at radius 3 is 2.77 bits per heavy atom. The molecule has 31 heavy (non-hydrogen) atoms. The van der Waals surface area contributed by atoms with Crippen molar-refractivity contribution in [3.05, 3.63) is 29.7 Å². The van der Waals surface area contributed by atoms with Crippen molar-refractivity contribution in [1.29, 1.82) is 0 Å². The third-order valence-corrected chi connectivity index (χ3v) is 6.12. The number of hydrogen-bond acceptors (Lipinski definition) is 7. The maximum absolute atomic E-state index is 12.4. The van der Waals surface area contributed by atoms with Crippen molar-refractivity contribution in [1.82, 2.24) is 20.3 Å². The molecule has 0 aromatic carbocycles. The van der Waals surface area contributed by atoms with E-state index in [9.17, 15) is 4.79 Å². The summed E-state index contributed by atoms with van der Waals surface area (Å²) in [6.45, 7) is 6.60. The summed E-state index contributed by atoms with van der Waals surface area (Å²) in [5.74, 6) is 1.61. The van der Waals surface area contributed by atoms with Gasteiger partial charge in [-0.1, -0.05) is 11.6 Å². The van der Waals surface area contributed by atoms with Gasteiger partial charge in [0.05, 0.1) is 41.2 Å². The fourth-order valence-corrected chi connectivity index (χ4v) is 4.55. The summed E-state index contributed by atoms with van der Waals surface area (Å²) in [6.07, 6.45) is 8.34. The summed E-state index contributed by atoms with van der Waals surface area (Å²) < 4.78 is 5.82. The number of hydrogen-bond donors (Lipinski definition) is 3. The summed E-state index contributed by atoms with van der Waals surface area (Å²) in [5.41, 5.74) is 1.31. The van der Waals surface area contributed by atoms with Crippen LogP contribution >= 0.6 is 11.6 Å². The normalized spacial score (nSPS) is 25.9. The SMILES string of the molecule is C[C@@H]1CC(CNc2cncc(-c3cc(NC(=O)[C@@H]4CCNC4)ncc3Cl)n2)C[C@H](C)O1. The van der Waals surface area contributed by atoms with Gasteiger partial charge in [-0.05, 0) is 51.6 Å². The number of ether oxygens (including phenoxy) is 1. The molecule has 4 heterocycles. The topological polar surface area (TPSA) is 101 Å². The molecule has 2 aliphatic rings. The molecule has 166 valence electrons. The second-order valence-corrected chi connectivity index (χ2v) is 8.90. The zero-order valence-corrected chi connectivity index (χ0v) is 18.7. The van der Waals surface area contributed by atoms with Crippen LogP contribution in [0.3, 0.4) is 0 Å². The van der Waals surface area contributed by atoms with E-state index in [0.717, 1.165) is 32.4 Å². The molecule has 4 atom stereocenters. The average Bonchev–Trinajstić information content (AvgIpc) is 3.28. The molecule has 4 rings (SSSR count). The molecule has 9 heteroatoms. The third-order valence-electron chi connectivity index (χ3n) is 5.82. The Hall–Kier alpha value is -2.29. The zero-order valence-electron chi connectivity index (χ0n) is 17.9. The van der Waals surface area contributed by atoms with Gasteiger partial charge in [-0.15, -0.1) is 0 Å². The van der Waals surface area contributed by atoms with Crippen LogP contribution in [-0.4, -0.2) is 52.7 Å². The molecule has 1 unspecified atom stereocenters. The number of nitrogens with zero attached hydrogens (tertiary/aromatic N) is 3. The van der Waals surface area contributed by atoms with E-state index >= 15 is 0 Å². The van der Waals surface area contributed by atoms with E-state index in [4.69, 9.17) is 16.3 Å². The lowest BCUT2D eigenvalue weighted by Gasteiger charge is -2.32. The van der Waals surface area contributed by atoms with Crippen LogP contribution in [0.15, 0.2) is 24.7 Å². The Kier molecular flexibility index (Phi) is 6.99. The van der Waals surface area contributed by atoms with E-state index in [2.05, 4.69) is 44.7 Å². The molecule has 3 N–H and O–H groups in total. The fourth-order valence-electron chi connectivity index (χ4n) is 4.35. The number of aromatic nitrogens is 3. The molecule has 0 spiro atoms. The number of anilines is 2. The minimum atomic E-state index is -0.0381. The summed E-state index contributed by atoms with van der Waals surface area (Å²) in [7, 11) is 0. The van der Waals surface area contributed by atoms with Crippen LogP contribution < -0.4 is 16.0 Å². The predicted molar refractivity (Wildman–Crippen MR) is 121 cm³/mol. The van der Waals surface area contributed by atoms with Gasteiger partial charge in [0.2, 0.25) is 5.91 Å². The van der Waals surface area contributed by atoms with E-state index in [1.54, 1.807) is 18.5 Å². The standard InChI is InChI=1S/C22H29ClN6O2/c1-13-5-15(6-14(2)31-13)8-26-21-12-25-11-19(28-21)17-7-20(27-10-18(17)23)29-22(30)16-3-4-24-9-16/h7,10-16,24H,3-6,8-9H2,1-2H3,(H,26,28)(H,27,29,30)/t13-,14+,15?,16-/m1/s1. The molecule has 2 aromatic heterocycles. The highest BCUT2D eigenvalue weighted by Gasteiger charge is 2.25. The van der Waals surface area contributed by atoms with Crippen molar-refractivity contribution in [3.8, 4) is 11.3 Å². The molecule has 0 radical (unpaired) electrons. The maximum atomic E-state index is 12.4. The van der Waals surface area contributed by atoms with Crippen molar-refractivity contribution in [3.63, 3.8) is 0 Å². The number of amides is 1. The van der Waals surface area contributed by atoms with Gasteiger partial charge in [-0.3, -0.25) is 9.78 Å². The van der Waals surface area contributed by atoms with Gasteiger partial charge < -0.3 is 20.7 Å². The molecule has 2 aliphatic heterocycles. The third kappa shape index (κ3) is 5.70. The van der Waals surface area contributed by atoms with Gasteiger partial charge in [0.15, 0.2) is 0 Å². The largest absolute Gasteiger partial charge is 0.376 e. The van der Waals surface area contributed by atoms with Crippen LogP contribution in [0, 0.1) is 11.8 Å². The number of pyridine rings is 1. The number of carbonyl (C=O) groups excluding carboxylic acids is 1. The average molecular weight is 445 g/mol.